The molecule has 1 aliphatic rings. The van der Waals surface area contributed by atoms with Crippen molar-refractivity contribution in [3.8, 4) is 11.5 Å². The quantitative estimate of drug-likeness (QED) is 0.299. The highest BCUT2D eigenvalue weighted by molar-refractivity contribution is 8.00. The lowest BCUT2D eigenvalue weighted by atomic mass is 9.94. The van der Waals surface area contributed by atoms with Crippen LogP contribution in [0, 0.1) is 12.8 Å². The molecule has 1 aromatic carbocycles. The van der Waals surface area contributed by atoms with Crippen LogP contribution >= 0.6 is 11.8 Å². The Bertz CT molecular complexity index is 1050. The lowest BCUT2D eigenvalue weighted by Gasteiger charge is -2.29. The summed E-state index contributed by atoms with van der Waals surface area (Å²) in [7, 11) is 0. The van der Waals surface area contributed by atoms with E-state index in [4.69, 9.17) is 4.74 Å². The molecular weight excluding hydrogens is 460 g/mol. The van der Waals surface area contributed by atoms with Gasteiger partial charge in [-0.25, -0.2) is 9.97 Å². The zero-order chi connectivity index (χ0) is 25.0. The molecular formula is C26H36N6O2S. The van der Waals surface area contributed by atoms with Gasteiger partial charge in [0.15, 0.2) is 11.6 Å². The Morgan fingerprint density at radius 2 is 1.91 bits per heavy atom. The predicted molar refractivity (Wildman–Crippen MR) is 143 cm³/mol. The van der Waals surface area contributed by atoms with E-state index in [9.17, 15) is 4.79 Å². The summed E-state index contributed by atoms with van der Waals surface area (Å²) in [5.74, 6) is 2.81. The number of nitrogens with zero attached hydrogens (tertiary/aromatic N) is 2. The van der Waals surface area contributed by atoms with Crippen molar-refractivity contribution in [3.63, 3.8) is 0 Å². The molecule has 188 valence electrons. The van der Waals surface area contributed by atoms with E-state index < -0.39 is 0 Å². The number of benzene rings is 1. The number of piperidine rings is 1. The molecule has 1 aliphatic heterocycles. The summed E-state index contributed by atoms with van der Waals surface area (Å²) in [5, 5.41) is 9.42. The molecule has 1 fully saturated rings. The monoisotopic (exact) mass is 496 g/mol. The number of aromatic amines is 1. The Kier molecular flexibility index (Phi) is 10.4. The van der Waals surface area contributed by atoms with E-state index in [1.807, 2.05) is 64.1 Å². The number of pyridine rings is 1. The summed E-state index contributed by atoms with van der Waals surface area (Å²) < 4.78 is 6.17. The number of H-pyrrole nitrogens is 1. The van der Waals surface area contributed by atoms with Crippen molar-refractivity contribution in [1.29, 1.82) is 0 Å². The first-order valence-corrected chi connectivity index (χ1v) is 13.2. The number of carbonyl (C=O) groups is 1. The fourth-order valence-corrected chi connectivity index (χ4v) is 5.04. The number of hydrogen-bond donors (Lipinski definition) is 4. The van der Waals surface area contributed by atoms with Crippen LogP contribution in [0.15, 0.2) is 53.7 Å². The molecule has 0 aliphatic carbocycles. The third-order valence-corrected chi connectivity index (χ3v) is 6.77. The number of amides is 1. The van der Waals surface area contributed by atoms with Gasteiger partial charge in [-0.15, -0.1) is 11.8 Å². The van der Waals surface area contributed by atoms with Crippen molar-refractivity contribution >= 4 is 29.4 Å². The Morgan fingerprint density at radius 3 is 2.57 bits per heavy atom. The van der Waals surface area contributed by atoms with Crippen LogP contribution in [0.3, 0.4) is 0 Å². The van der Waals surface area contributed by atoms with Crippen LogP contribution < -0.4 is 20.7 Å². The highest BCUT2D eigenvalue weighted by atomic mass is 32.2. The highest BCUT2D eigenvalue weighted by Crippen LogP contribution is 2.37. The van der Waals surface area contributed by atoms with E-state index in [1.54, 1.807) is 24.2 Å². The number of nitrogens with one attached hydrogen (secondary N) is 4. The molecule has 0 saturated carbocycles. The second-order valence-electron chi connectivity index (χ2n) is 7.99. The van der Waals surface area contributed by atoms with Gasteiger partial charge in [0.1, 0.15) is 5.75 Å². The largest absolute Gasteiger partial charge is 0.453 e. The molecule has 2 aromatic heterocycles. The Hall–Kier alpha value is -3.04. The molecule has 1 saturated heterocycles. The van der Waals surface area contributed by atoms with Gasteiger partial charge in [-0.2, -0.15) is 0 Å². The van der Waals surface area contributed by atoms with Gasteiger partial charge in [-0.3, -0.25) is 4.79 Å². The van der Waals surface area contributed by atoms with Crippen molar-refractivity contribution in [2.24, 2.45) is 5.92 Å². The van der Waals surface area contributed by atoms with Crippen LogP contribution in [-0.4, -0.2) is 45.7 Å². The number of anilines is 2. The van der Waals surface area contributed by atoms with Gasteiger partial charge in [-0.1, -0.05) is 32.0 Å². The summed E-state index contributed by atoms with van der Waals surface area (Å²) in [6.07, 6.45) is 5.49. The molecule has 0 radical (unpaired) electrons. The molecule has 35 heavy (non-hydrogen) atoms. The maximum absolute atomic E-state index is 12.9. The fraction of sp³-hybridized carbons (Fsp3) is 0.423. The van der Waals surface area contributed by atoms with Crippen LogP contribution in [-0.2, 0) is 4.79 Å². The number of aryl methyl sites for hydroxylation is 1. The minimum absolute atomic E-state index is 0.0770. The van der Waals surface area contributed by atoms with Crippen LogP contribution in [0.25, 0.3) is 0 Å². The second-order valence-corrected chi connectivity index (χ2v) is 9.21. The van der Waals surface area contributed by atoms with Gasteiger partial charge in [0, 0.05) is 29.5 Å². The lowest BCUT2D eigenvalue weighted by Crippen LogP contribution is -2.41. The van der Waals surface area contributed by atoms with Crippen LogP contribution in [0.1, 0.15) is 39.3 Å². The normalized spacial score (nSPS) is 14.4. The first-order valence-electron chi connectivity index (χ1n) is 12.3. The minimum atomic E-state index is -0.176. The van der Waals surface area contributed by atoms with E-state index in [0.717, 1.165) is 36.5 Å². The topological polar surface area (TPSA) is 104 Å². The van der Waals surface area contributed by atoms with Gasteiger partial charge in [0.2, 0.25) is 11.9 Å². The van der Waals surface area contributed by atoms with E-state index in [1.165, 1.54) is 0 Å². The highest BCUT2D eigenvalue weighted by Gasteiger charge is 2.30. The van der Waals surface area contributed by atoms with Gasteiger partial charge in [0.25, 0.3) is 0 Å². The van der Waals surface area contributed by atoms with Crippen molar-refractivity contribution in [3.05, 3.63) is 54.5 Å². The molecule has 1 amide bonds. The van der Waals surface area contributed by atoms with E-state index in [-0.39, 0.29) is 11.2 Å². The molecule has 0 spiro atoms. The average Bonchev–Trinajstić information content (AvgIpc) is 3.31. The van der Waals surface area contributed by atoms with Gasteiger partial charge < -0.3 is 25.7 Å². The van der Waals surface area contributed by atoms with Gasteiger partial charge in [-0.05, 0) is 63.9 Å². The molecule has 8 nitrogen and oxygen atoms in total. The summed E-state index contributed by atoms with van der Waals surface area (Å²) in [6, 6.07) is 11.5. The van der Waals surface area contributed by atoms with E-state index in [2.05, 4.69) is 30.9 Å². The molecule has 3 heterocycles. The lowest BCUT2D eigenvalue weighted by molar-refractivity contribution is -0.121. The summed E-state index contributed by atoms with van der Waals surface area (Å²) >= 11 is 1.55. The third kappa shape index (κ3) is 7.73. The number of imidazole rings is 1. The van der Waals surface area contributed by atoms with Crippen molar-refractivity contribution in [2.45, 2.75) is 50.7 Å². The number of rotatable bonds is 9. The van der Waals surface area contributed by atoms with E-state index >= 15 is 0 Å². The molecule has 3 aromatic rings. The third-order valence-electron chi connectivity index (χ3n) is 5.42. The molecule has 1 atom stereocenters. The first-order chi connectivity index (χ1) is 17.1. The summed E-state index contributed by atoms with van der Waals surface area (Å²) in [6.45, 7) is 10.4. The van der Waals surface area contributed by atoms with Crippen LogP contribution in [0.2, 0.25) is 0 Å². The smallest absolute Gasteiger partial charge is 0.233 e. The molecule has 4 rings (SSSR count). The maximum atomic E-state index is 12.9. The fourth-order valence-electron chi connectivity index (χ4n) is 3.80. The molecule has 4 N–H and O–H groups in total. The summed E-state index contributed by atoms with van der Waals surface area (Å²) in [5.41, 5.74) is 0.946. The molecule has 0 bridgehead atoms. The SMILES string of the molecule is CC.CCNC(=O)C(Sc1cnc(Nc2ncc(C)[nH]2)c(Oc2ccccc2)c1)C1CCNCC1. The Balaban J connectivity index is 0.00000167. The minimum Gasteiger partial charge on any atom is -0.453 e. The van der Waals surface area contributed by atoms with Crippen molar-refractivity contribution < 1.29 is 9.53 Å². The van der Waals surface area contributed by atoms with Gasteiger partial charge in [0.05, 0.1) is 5.25 Å². The summed E-state index contributed by atoms with van der Waals surface area (Å²) in [4.78, 5) is 25.9. The molecule has 1 unspecified atom stereocenters. The maximum Gasteiger partial charge on any atom is 0.233 e. The zero-order valence-corrected chi connectivity index (χ0v) is 21.7. The second kappa shape index (κ2) is 13.7. The van der Waals surface area contributed by atoms with Crippen molar-refractivity contribution in [2.75, 3.05) is 25.0 Å². The number of aromatic nitrogens is 3. The number of carbonyl (C=O) groups excluding carboxylic acids is 1. The number of hydrogen-bond acceptors (Lipinski definition) is 7. The van der Waals surface area contributed by atoms with Crippen LogP contribution in [0.5, 0.6) is 11.5 Å². The van der Waals surface area contributed by atoms with Crippen molar-refractivity contribution in [1.82, 2.24) is 25.6 Å². The Labute approximate surface area is 212 Å². The zero-order valence-electron chi connectivity index (χ0n) is 20.9. The number of ether oxygens (including phenoxy) is 1. The van der Waals surface area contributed by atoms with E-state index in [0.29, 0.717) is 35.7 Å². The number of thioether (sulfide) groups is 1. The predicted octanol–water partition coefficient (Wildman–Crippen LogP) is 5.27. The average molecular weight is 497 g/mol. The Morgan fingerprint density at radius 1 is 1.17 bits per heavy atom. The standard InChI is InChI=1S/C24H30N6O2S.C2H6/c1-3-26-23(31)21(17-9-11-25-12-10-17)33-19-13-20(32-18-7-5-4-6-8-18)22(27-15-19)30-24-28-14-16(2)29-24;1-2/h4-8,13-15,17,21,25H,3,9-12H2,1-2H3,(H,26,31)(H2,27,28,29,30);1-2H3. The molecule has 9 heteroatoms. The van der Waals surface area contributed by atoms with Gasteiger partial charge >= 0.3 is 0 Å². The van der Waals surface area contributed by atoms with Crippen LogP contribution in [0.4, 0.5) is 11.8 Å². The number of para-hydroxylation sites is 1. The first kappa shape index (κ1) is 26.6.